The molecular weight excluding hydrogens is 333 g/mol. The molecular formula is C18H13F3N2O2. The summed E-state index contributed by atoms with van der Waals surface area (Å²) in [6.45, 7) is 0. The van der Waals surface area contributed by atoms with E-state index in [0.717, 1.165) is 11.0 Å². The number of carbonyl (C=O) groups is 2. The fraction of sp³-hybridized carbons (Fsp3) is 0.222. The van der Waals surface area contributed by atoms with Crippen LogP contribution in [-0.4, -0.2) is 17.9 Å². The van der Waals surface area contributed by atoms with Crippen molar-refractivity contribution in [3.8, 4) is 0 Å². The van der Waals surface area contributed by atoms with Crippen LogP contribution in [0.4, 0.5) is 18.9 Å². The first-order valence-electron chi connectivity index (χ1n) is 7.73. The molecule has 2 aliphatic rings. The maximum atomic E-state index is 13.5. The predicted octanol–water partition coefficient (Wildman–Crippen LogP) is 3.32. The van der Waals surface area contributed by atoms with E-state index >= 15 is 0 Å². The molecule has 1 fully saturated rings. The van der Waals surface area contributed by atoms with Gasteiger partial charge in [0.15, 0.2) is 0 Å². The van der Waals surface area contributed by atoms with Crippen LogP contribution in [0.25, 0.3) is 0 Å². The van der Waals surface area contributed by atoms with Gasteiger partial charge in [0.05, 0.1) is 22.4 Å². The zero-order valence-corrected chi connectivity index (χ0v) is 12.9. The van der Waals surface area contributed by atoms with E-state index in [-0.39, 0.29) is 34.3 Å². The van der Waals surface area contributed by atoms with Crippen LogP contribution in [0.1, 0.15) is 44.2 Å². The smallest absolute Gasteiger partial charge is 0.327 e. The van der Waals surface area contributed by atoms with Crippen molar-refractivity contribution in [2.24, 2.45) is 5.73 Å². The summed E-state index contributed by atoms with van der Waals surface area (Å²) in [6, 6.07) is 9.44. The molecule has 1 aliphatic carbocycles. The lowest BCUT2D eigenvalue weighted by atomic mass is 10.0. The van der Waals surface area contributed by atoms with E-state index < -0.39 is 23.6 Å². The first-order chi connectivity index (χ1) is 11.8. The Kier molecular flexibility index (Phi) is 3.27. The van der Waals surface area contributed by atoms with E-state index in [1.165, 1.54) is 24.3 Å². The van der Waals surface area contributed by atoms with Gasteiger partial charge in [0, 0.05) is 12.0 Å². The van der Waals surface area contributed by atoms with Crippen LogP contribution in [0.3, 0.4) is 0 Å². The lowest BCUT2D eigenvalue weighted by Crippen LogP contribution is -2.29. The number of imide groups is 1. The normalized spacial score (nSPS) is 22.3. The van der Waals surface area contributed by atoms with Gasteiger partial charge in [-0.25, -0.2) is 4.90 Å². The summed E-state index contributed by atoms with van der Waals surface area (Å²) in [5.41, 5.74) is 5.24. The van der Waals surface area contributed by atoms with Gasteiger partial charge in [-0.05, 0) is 36.2 Å². The van der Waals surface area contributed by atoms with Gasteiger partial charge in [0.1, 0.15) is 0 Å². The SMILES string of the molecule is NC1CC1c1ccc(N2C(=O)c3ccccc3C2=O)cc1C(F)(F)F. The average Bonchev–Trinajstić information content (AvgIpc) is 3.24. The average molecular weight is 346 g/mol. The van der Waals surface area contributed by atoms with Crippen LogP contribution in [0.5, 0.6) is 0 Å². The summed E-state index contributed by atoms with van der Waals surface area (Å²) < 4.78 is 40.4. The molecule has 4 rings (SSSR count). The molecule has 4 nitrogen and oxygen atoms in total. The topological polar surface area (TPSA) is 63.4 Å². The minimum atomic E-state index is -4.59. The number of anilines is 1. The summed E-state index contributed by atoms with van der Waals surface area (Å²) >= 11 is 0. The van der Waals surface area contributed by atoms with Crippen LogP contribution in [0.2, 0.25) is 0 Å². The van der Waals surface area contributed by atoms with Gasteiger partial charge < -0.3 is 5.73 Å². The Balaban J connectivity index is 1.80. The number of fused-ring (bicyclic) bond motifs is 1. The quantitative estimate of drug-likeness (QED) is 0.849. The van der Waals surface area contributed by atoms with Gasteiger partial charge in [-0.2, -0.15) is 13.2 Å². The molecule has 0 aromatic heterocycles. The molecule has 2 aromatic carbocycles. The molecule has 2 unspecified atom stereocenters. The fourth-order valence-corrected chi connectivity index (χ4v) is 3.25. The number of carbonyl (C=O) groups excluding carboxylic acids is 2. The van der Waals surface area contributed by atoms with E-state index in [0.29, 0.717) is 6.42 Å². The van der Waals surface area contributed by atoms with Crippen LogP contribution in [-0.2, 0) is 6.18 Å². The van der Waals surface area contributed by atoms with Gasteiger partial charge in [-0.15, -0.1) is 0 Å². The van der Waals surface area contributed by atoms with Gasteiger partial charge >= 0.3 is 6.18 Å². The number of nitrogens with two attached hydrogens (primary N) is 1. The van der Waals surface area contributed by atoms with Crippen molar-refractivity contribution in [1.82, 2.24) is 0 Å². The Morgan fingerprint density at radius 2 is 1.56 bits per heavy atom. The highest BCUT2D eigenvalue weighted by Crippen LogP contribution is 2.46. The first kappa shape index (κ1) is 15.8. The minimum absolute atomic E-state index is 0.0866. The van der Waals surface area contributed by atoms with Crippen molar-refractivity contribution in [2.75, 3.05) is 4.90 Å². The van der Waals surface area contributed by atoms with E-state index in [9.17, 15) is 22.8 Å². The summed E-state index contributed by atoms with van der Waals surface area (Å²) in [5.74, 6) is -1.58. The molecule has 25 heavy (non-hydrogen) atoms. The highest BCUT2D eigenvalue weighted by atomic mass is 19.4. The summed E-state index contributed by atoms with van der Waals surface area (Å²) in [6.07, 6.45) is -4.10. The van der Waals surface area contributed by atoms with Crippen LogP contribution in [0, 0.1) is 0 Å². The second-order valence-electron chi connectivity index (χ2n) is 6.27. The fourth-order valence-electron chi connectivity index (χ4n) is 3.25. The summed E-state index contributed by atoms with van der Waals surface area (Å²) in [4.78, 5) is 25.7. The number of hydrogen-bond donors (Lipinski definition) is 1. The Bertz CT molecular complexity index is 872. The maximum Gasteiger partial charge on any atom is 0.416 e. The molecule has 0 bridgehead atoms. The van der Waals surface area contributed by atoms with Gasteiger partial charge in [-0.3, -0.25) is 9.59 Å². The number of rotatable bonds is 2. The molecule has 1 heterocycles. The third kappa shape index (κ3) is 2.42. The van der Waals surface area contributed by atoms with Crippen LogP contribution < -0.4 is 10.6 Å². The zero-order valence-electron chi connectivity index (χ0n) is 12.9. The number of hydrogen-bond acceptors (Lipinski definition) is 3. The Hall–Kier alpha value is -2.67. The number of halogens is 3. The number of alkyl halides is 3. The number of amides is 2. The summed E-state index contributed by atoms with van der Waals surface area (Å²) in [7, 11) is 0. The van der Waals surface area contributed by atoms with E-state index in [1.807, 2.05) is 0 Å². The van der Waals surface area contributed by atoms with E-state index in [4.69, 9.17) is 5.73 Å². The van der Waals surface area contributed by atoms with Crippen molar-refractivity contribution in [1.29, 1.82) is 0 Å². The number of nitrogens with zero attached hydrogens (tertiary/aromatic N) is 1. The molecule has 128 valence electrons. The van der Waals surface area contributed by atoms with Crippen molar-refractivity contribution in [3.05, 3.63) is 64.7 Å². The summed E-state index contributed by atoms with van der Waals surface area (Å²) in [5, 5.41) is 0. The Labute approximate surface area is 141 Å². The van der Waals surface area contributed by atoms with Crippen molar-refractivity contribution in [3.63, 3.8) is 0 Å². The molecule has 0 saturated heterocycles. The highest BCUT2D eigenvalue weighted by Gasteiger charge is 2.44. The van der Waals surface area contributed by atoms with Gasteiger partial charge in [-0.1, -0.05) is 18.2 Å². The van der Waals surface area contributed by atoms with Gasteiger partial charge in [0.25, 0.3) is 11.8 Å². The van der Waals surface area contributed by atoms with Crippen LogP contribution in [0.15, 0.2) is 42.5 Å². The second kappa shape index (κ2) is 5.16. The predicted molar refractivity (Wildman–Crippen MR) is 84.4 cm³/mol. The Morgan fingerprint density at radius 1 is 1.00 bits per heavy atom. The molecule has 2 N–H and O–H groups in total. The van der Waals surface area contributed by atoms with Crippen LogP contribution >= 0.6 is 0 Å². The highest BCUT2D eigenvalue weighted by molar-refractivity contribution is 6.34. The molecule has 2 atom stereocenters. The molecule has 7 heteroatoms. The Morgan fingerprint density at radius 3 is 2.04 bits per heavy atom. The minimum Gasteiger partial charge on any atom is -0.327 e. The third-order valence-corrected chi connectivity index (χ3v) is 4.63. The third-order valence-electron chi connectivity index (χ3n) is 4.63. The van der Waals surface area contributed by atoms with E-state index in [1.54, 1.807) is 12.1 Å². The molecule has 0 spiro atoms. The molecule has 1 aliphatic heterocycles. The van der Waals surface area contributed by atoms with Crippen molar-refractivity contribution < 1.29 is 22.8 Å². The zero-order chi connectivity index (χ0) is 17.9. The molecule has 2 aromatic rings. The van der Waals surface area contributed by atoms with Gasteiger partial charge in [0.2, 0.25) is 0 Å². The lowest BCUT2D eigenvalue weighted by Gasteiger charge is -2.19. The van der Waals surface area contributed by atoms with E-state index in [2.05, 4.69) is 0 Å². The standard InChI is InChI=1S/C18H13F3N2O2/c19-18(20,21)14-7-9(5-6-10(14)13-8-15(13)22)23-16(24)11-3-1-2-4-12(11)17(23)25/h1-7,13,15H,8,22H2. The maximum absolute atomic E-state index is 13.5. The molecule has 0 radical (unpaired) electrons. The number of benzene rings is 2. The monoisotopic (exact) mass is 346 g/mol. The largest absolute Gasteiger partial charge is 0.416 e. The molecule has 1 saturated carbocycles. The first-order valence-corrected chi connectivity index (χ1v) is 7.73. The van der Waals surface area contributed by atoms with Crippen molar-refractivity contribution >= 4 is 17.5 Å². The molecule has 2 amide bonds. The second-order valence-corrected chi connectivity index (χ2v) is 6.27. The lowest BCUT2D eigenvalue weighted by molar-refractivity contribution is -0.138. The van der Waals surface area contributed by atoms with Crippen molar-refractivity contribution in [2.45, 2.75) is 24.6 Å².